The molecule has 20 heavy (non-hydrogen) atoms. The summed E-state index contributed by atoms with van der Waals surface area (Å²) in [5.74, 6) is -0.609. The molecular formula is C13H17Cl2NO4. The molecule has 0 aliphatic heterocycles. The third-order valence-electron chi connectivity index (χ3n) is 2.35. The third-order valence-corrected chi connectivity index (χ3v) is 3.03. The Morgan fingerprint density at radius 3 is 2.30 bits per heavy atom. The van der Waals surface area contributed by atoms with E-state index in [1.807, 2.05) is 13.8 Å². The third kappa shape index (κ3) is 4.06. The maximum absolute atomic E-state index is 11.8. The molecule has 112 valence electrons. The van der Waals surface area contributed by atoms with E-state index < -0.39 is 12.3 Å². The maximum atomic E-state index is 11.8. The van der Waals surface area contributed by atoms with Gasteiger partial charge in [0.15, 0.2) is 12.0 Å². The zero-order valence-corrected chi connectivity index (χ0v) is 13.1. The van der Waals surface area contributed by atoms with Gasteiger partial charge in [0.25, 0.3) is 0 Å². The van der Waals surface area contributed by atoms with E-state index >= 15 is 0 Å². The molecule has 0 radical (unpaired) electrons. The topological polar surface area (TPSA) is 57.7 Å². The van der Waals surface area contributed by atoms with Crippen LogP contribution in [0.4, 0.5) is 0 Å². The molecule has 0 spiro atoms. The lowest BCUT2D eigenvalue weighted by Crippen LogP contribution is -2.14. The van der Waals surface area contributed by atoms with Gasteiger partial charge in [-0.25, -0.2) is 9.78 Å². The first-order valence-electron chi connectivity index (χ1n) is 6.30. The Balaban J connectivity index is 3.22. The van der Waals surface area contributed by atoms with E-state index in [1.54, 1.807) is 6.92 Å². The molecule has 0 saturated heterocycles. The number of esters is 1. The van der Waals surface area contributed by atoms with Crippen molar-refractivity contribution in [3.63, 3.8) is 0 Å². The van der Waals surface area contributed by atoms with Gasteiger partial charge in [-0.05, 0) is 20.8 Å². The van der Waals surface area contributed by atoms with Crippen LogP contribution in [0.2, 0.25) is 10.0 Å². The predicted molar refractivity (Wildman–Crippen MR) is 76.2 cm³/mol. The summed E-state index contributed by atoms with van der Waals surface area (Å²) >= 11 is 12.3. The largest absolute Gasteiger partial charge is 0.461 e. The number of ether oxygens (including phenoxy) is 3. The molecule has 0 aliphatic carbocycles. The molecule has 0 bridgehead atoms. The molecule has 0 aromatic carbocycles. The van der Waals surface area contributed by atoms with Crippen molar-refractivity contribution in [1.29, 1.82) is 0 Å². The first-order chi connectivity index (χ1) is 9.56. The highest BCUT2D eigenvalue weighted by Crippen LogP contribution is 2.34. The number of pyridine rings is 1. The maximum Gasteiger partial charge on any atom is 0.358 e. The average molecular weight is 322 g/mol. The van der Waals surface area contributed by atoms with E-state index in [9.17, 15) is 4.79 Å². The van der Waals surface area contributed by atoms with Gasteiger partial charge in [0.1, 0.15) is 0 Å². The molecular weight excluding hydrogens is 305 g/mol. The number of hydrogen-bond donors (Lipinski definition) is 0. The van der Waals surface area contributed by atoms with Crippen molar-refractivity contribution in [3.8, 4) is 0 Å². The summed E-state index contributed by atoms with van der Waals surface area (Å²) in [6.07, 6.45) is 0.584. The molecule has 1 aromatic heterocycles. The van der Waals surface area contributed by atoms with Gasteiger partial charge in [-0.1, -0.05) is 23.2 Å². The van der Waals surface area contributed by atoms with Gasteiger partial charge in [-0.2, -0.15) is 0 Å². The normalized spacial score (nSPS) is 10.9. The summed E-state index contributed by atoms with van der Waals surface area (Å²) in [5, 5.41) is 0.359. The summed E-state index contributed by atoms with van der Waals surface area (Å²) in [4.78, 5) is 15.7. The van der Waals surface area contributed by atoms with E-state index in [2.05, 4.69) is 4.98 Å². The number of rotatable bonds is 7. The molecule has 0 fully saturated rings. The van der Waals surface area contributed by atoms with Gasteiger partial charge in [-0.3, -0.25) is 0 Å². The molecule has 0 saturated carbocycles. The van der Waals surface area contributed by atoms with Gasteiger partial charge in [-0.15, -0.1) is 0 Å². The van der Waals surface area contributed by atoms with Gasteiger partial charge >= 0.3 is 5.97 Å². The summed E-state index contributed by atoms with van der Waals surface area (Å²) in [7, 11) is 0. The zero-order valence-electron chi connectivity index (χ0n) is 11.6. The monoisotopic (exact) mass is 321 g/mol. The van der Waals surface area contributed by atoms with Gasteiger partial charge < -0.3 is 14.2 Å². The van der Waals surface area contributed by atoms with Crippen LogP contribution >= 0.6 is 23.2 Å². The lowest BCUT2D eigenvalue weighted by atomic mass is 10.2. The van der Waals surface area contributed by atoms with Crippen molar-refractivity contribution in [1.82, 2.24) is 4.98 Å². The minimum Gasteiger partial charge on any atom is -0.461 e. The molecule has 0 amide bonds. The zero-order chi connectivity index (χ0) is 15.1. The number of hydrogen-bond acceptors (Lipinski definition) is 5. The molecule has 0 atom stereocenters. The van der Waals surface area contributed by atoms with Crippen molar-refractivity contribution in [2.75, 3.05) is 19.8 Å². The SMILES string of the molecule is CCOC(=O)c1ncc(Cl)c(C(OCC)OCC)c1Cl. The molecule has 1 aromatic rings. The Hall–Kier alpha value is -0.880. The summed E-state index contributed by atoms with van der Waals surface area (Å²) in [6.45, 7) is 6.40. The number of halogens is 2. The molecule has 1 rings (SSSR count). The Bertz CT molecular complexity index is 462. The van der Waals surface area contributed by atoms with Crippen LogP contribution < -0.4 is 0 Å². The number of carbonyl (C=O) groups excluding carboxylic acids is 1. The summed E-state index contributed by atoms with van der Waals surface area (Å²) in [6, 6.07) is 0. The van der Waals surface area contributed by atoms with Gasteiger partial charge in [0.05, 0.1) is 16.7 Å². The van der Waals surface area contributed by atoms with E-state index in [-0.39, 0.29) is 22.3 Å². The van der Waals surface area contributed by atoms with E-state index in [1.165, 1.54) is 6.20 Å². The van der Waals surface area contributed by atoms with Crippen molar-refractivity contribution < 1.29 is 19.0 Å². The second-order valence-electron chi connectivity index (χ2n) is 3.65. The Morgan fingerprint density at radius 2 is 1.80 bits per heavy atom. The highest BCUT2D eigenvalue weighted by Gasteiger charge is 2.25. The number of nitrogens with zero attached hydrogens (tertiary/aromatic N) is 1. The smallest absolute Gasteiger partial charge is 0.358 e. The Kier molecular flexibility index (Phi) is 7.23. The van der Waals surface area contributed by atoms with Crippen LogP contribution in [0.15, 0.2) is 6.20 Å². The molecule has 5 nitrogen and oxygen atoms in total. The fraction of sp³-hybridized carbons (Fsp3) is 0.538. The fourth-order valence-electron chi connectivity index (χ4n) is 1.56. The first-order valence-corrected chi connectivity index (χ1v) is 7.06. The predicted octanol–water partition coefficient (Wildman–Crippen LogP) is 3.64. The van der Waals surface area contributed by atoms with Crippen molar-refractivity contribution in [3.05, 3.63) is 27.5 Å². The summed E-state index contributed by atoms with van der Waals surface area (Å²) < 4.78 is 15.8. The fourth-order valence-corrected chi connectivity index (χ4v) is 2.15. The minimum absolute atomic E-state index is 0.00248. The molecule has 0 N–H and O–H groups in total. The van der Waals surface area contributed by atoms with Crippen LogP contribution in [0.5, 0.6) is 0 Å². The summed E-state index contributed by atoms with van der Waals surface area (Å²) in [5.41, 5.74) is 0.382. The lowest BCUT2D eigenvalue weighted by molar-refractivity contribution is -0.140. The van der Waals surface area contributed by atoms with Crippen molar-refractivity contribution >= 4 is 29.2 Å². The van der Waals surface area contributed by atoms with Crippen LogP contribution in [0.1, 0.15) is 43.1 Å². The van der Waals surface area contributed by atoms with Crippen LogP contribution in [-0.2, 0) is 14.2 Å². The first kappa shape index (κ1) is 17.2. The number of aromatic nitrogens is 1. The Labute approximate surface area is 128 Å². The van der Waals surface area contributed by atoms with Crippen LogP contribution in [0.25, 0.3) is 0 Å². The Morgan fingerprint density at radius 1 is 1.20 bits per heavy atom. The van der Waals surface area contributed by atoms with Crippen LogP contribution in [-0.4, -0.2) is 30.8 Å². The minimum atomic E-state index is -0.749. The van der Waals surface area contributed by atoms with Crippen molar-refractivity contribution in [2.45, 2.75) is 27.1 Å². The second kappa shape index (κ2) is 8.42. The van der Waals surface area contributed by atoms with Crippen LogP contribution in [0, 0.1) is 0 Å². The van der Waals surface area contributed by atoms with E-state index in [0.29, 0.717) is 18.8 Å². The molecule has 1 heterocycles. The molecule has 0 aliphatic rings. The van der Waals surface area contributed by atoms with E-state index in [0.717, 1.165) is 0 Å². The van der Waals surface area contributed by atoms with Crippen LogP contribution in [0.3, 0.4) is 0 Å². The average Bonchev–Trinajstić information content (AvgIpc) is 2.39. The quantitative estimate of drug-likeness (QED) is 0.567. The van der Waals surface area contributed by atoms with Gasteiger partial charge in [0, 0.05) is 25.0 Å². The van der Waals surface area contributed by atoms with E-state index in [4.69, 9.17) is 37.4 Å². The second-order valence-corrected chi connectivity index (χ2v) is 4.43. The van der Waals surface area contributed by atoms with Crippen molar-refractivity contribution in [2.24, 2.45) is 0 Å². The number of carbonyl (C=O) groups is 1. The lowest BCUT2D eigenvalue weighted by Gasteiger charge is -2.20. The molecule has 7 heteroatoms. The highest BCUT2D eigenvalue weighted by molar-refractivity contribution is 6.37. The highest BCUT2D eigenvalue weighted by atomic mass is 35.5. The standard InChI is InChI=1S/C13H17Cl2NO4/c1-4-18-12(17)11-10(15)9(8(14)7-16-11)13(19-5-2)20-6-3/h7,13H,4-6H2,1-3H3. The molecule has 0 unspecified atom stereocenters. The van der Waals surface area contributed by atoms with Gasteiger partial charge in [0.2, 0.25) is 0 Å².